The molecule has 5 heavy (non-hydrogen) atoms. The van der Waals surface area contributed by atoms with Gasteiger partial charge in [-0.3, -0.25) is 0 Å². The Hall–Kier alpha value is 0.868. The molecule has 0 aromatic heterocycles. The van der Waals surface area contributed by atoms with Crippen molar-refractivity contribution in [3.8, 4) is 0 Å². The monoisotopic (exact) mass is 136 g/mol. The Labute approximate surface area is 43.0 Å². The van der Waals surface area contributed by atoms with Crippen molar-refractivity contribution >= 4 is 35.9 Å². The average molecular weight is 136 g/mol. The van der Waals surface area contributed by atoms with Gasteiger partial charge < -0.3 is 0 Å². The van der Waals surface area contributed by atoms with E-state index in [1.165, 1.54) is 0 Å². The summed E-state index contributed by atoms with van der Waals surface area (Å²) in [5.41, 5.74) is 0. The summed E-state index contributed by atoms with van der Waals surface area (Å²) in [5, 5.41) is 0. The third-order valence-electron chi connectivity index (χ3n) is 0.816. The molecule has 0 fully saturated rings. The molecule has 0 saturated carbocycles. The minimum atomic E-state index is 0.190. The van der Waals surface area contributed by atoms with Crippen LogP contribution in [-0.4, -0.2) is 35.9 Å². The minimum absolute atomic E-state index is 0.190. The highest BCUT2D eigenvalue weighted by Gasteiger charge is 1.84. The first-order valence-corrected chi connectivity index (χ1v) is 17.0. The van der Waals surface area contributed by atoms with Gasteiger partial charge in [0.1, 0.15) is 0 Å². The lowest BCUT2D eigenvalue weighted by molar-refractivity contribution is 2.34. The quantitative estimate of drug-likeness (QED) is 0.331. The molecule has 1 unspecified atom stereocenters. The van der Waals surface area contributed by atoms with Crippen LogP contribution in [0.3, 0.4) is 0 Å². The van der Waals surface area contributed by atoms with Crippen LogP contribution in [0.25, 0.3) is 0 Å². The molecule has 0 aliphatic heterocycles. The number of rotatable bonds is 1. The second-order valence-electron chi connectivity index (χ2n) is 1.80. The van der Waals surface area contributed by atoms with E-state index >= 15 is 0 Å². The van der Waals surface area contributed by atoms with Crippen molar-refractivity contribution < 1.29 is 0 Å². The lowest BCUT2D eigenvalue weighted by atomic mass is 11.9. The maximum atomic E-state index is 2.52. The predicted octanol–water partition coefficient (Wildman–Crippen LogP) is -3.35. The molecule has 4 heteroatoms. The molecular formula is CH12Si4. The highest BCUT2D eigenvalue weighted by atomic mass is 29.7. The summed E-state index contributed by atoms with van der Waals surface area (Å²) in [6.07, 6.45) is 0. The normalized spacial score (nSPS) is 18.6. The average Bonchev–Trinajstić information content (AvgIpc) is 1.38. The SMILES string of the molecule is C[SiH]([SiH3])[SiH2][SiH3]. The molecule has 0 heterocycles. The van der Waals surface area contributed by atoms with E-state index in [1.54, 1.807) is 19.5 Å². The van der Waals surface area contributed by atoms with Crippen LogP contribution >= 0.6 is 0 Å². The summed E-state index contributed by atoms with van der Waals surface area (Å²) in [4.78, 5) is 0. The molecule has 0 aromatic rings. The first kappa shape index (κ1) is 5.87. The van der Waals surface area contributed by atoms with Gasteiger partial charge in [0.2, 0.25) is 0 Å². The van der Waals surface area contributed by atoms with Gasteiger partial charge in [0.15, 0.2) is 0 Å². The fraction of sp³-hybridized carbons (Fsp3) is 1.00. The van der Waals surface area contributed by atoms with Crippen LogP contribution in [0.5, 0.6) is 0 Å². The van der Waals surface area contributed by atoms with E-state index < -0.39 is 0 Å². The molecule has 1 atom stereocenters. The Kier molecular flexibility index (Phi) is 3.61. The number of hydrogen-bond donors (Lipinski definition) is 0. The highest BCUT2D eigenvalue weighted by Crippen LogP contribution is 1.57. The minimum Gasteiger partial charge on any atom is -0.0770 e. The van der Waals surface area contributed by atoms with Crippen molar-refractivity contribution in [3.63, 3.8) is 0 Å². The van der Waals surface area contributed by atoms with Gasteiger partial charge >= 0.3 is 0 Å². The number of hydrogen-bond acceptors (Lipinski definition) is 0. The second kappa shape index (κ2) is 3.07. The van der Waals surface area contributed by atoms with E-state index in [0.717, 1.165) is 0 Å². The van der Waals surface area contributed by atoms with Gasteiger partial charge in [-0.15, -0.1) is 0 Å². The van der Waals surface area contributed by atoms with Gasteiger partial charge in [-0.1, -0.05) is 6.55 Å². The molecule has 0 saturated heterocycles. The maximum Gasteiger partial charge on any atom is 0.00261 e. The van der Waals surface area contributed by atoms with E-state index in [1.807, 2.05) is 0 Å². The van der Waals surface area contributed by atoms with Gasteiger partial charge in [-0.2, -0.15) is 0 Å². The fourth-order valence-electron chi connectivity index (χ4n) is 0. The fourth-order valence-corrected chi connectivity index (χ4v) is 0. The molecular weight excluding hydrogens is 124 g/mol. The Morgan fingerprint density at radius 1 is 1.80 bits per heavy atom. The summed E-state index contributed by atoms with van der Waals surface area (Å²) in [6.45, 7) is 2.52. The van der Waals surface area contributed by atoms with Crippen molar-refractivity contribution in [2.24, 2.45) is 0 Å². The summed E-state index contributed by atoms with van der Waals surface area (Å²) in [5.74, 6) is 0. The van der Waals surface area contributed by atoms with E-state index in [0.29, 0.717) is 8.55 Å². The molecule has 0 aliphatic rings. The maximum absolute atomic E-state index is 2.52. The molecule has 0 N–H and O–H groups in total. The first-order chi connectivity index (χ1) is 2.27. The van der Waals surface area contributed by atoms with Crippen LogP contribution in [0.4, 0.5) is 0 Å². The lowest BCUT2D eigenvalue weighted by Crippen LogP contribution is -2.17. The van der Waals surface area contributed by atoms with E-state index in [2.05, 4.69) is 6.55 Å². The Morgan fingerprint density at radius 3 is 2.00 bits per heavy atom. The van der Waals surface area contributed by atoms with Gasteiger partial charge in [-0.25, -0.2) is 0 Å². The molecule has 0 aromatic carbocycles. The van der Waals surface area contributed by atoms with Gasteiger partial charge in [0, 0.05) is 7.83 Å². The lowest BCUT2D eigenvalue weighted by Gasteiger charge is -1.86. The summed E-state index contributed by atoms with van der Waals surface area (Å²) < 4.78 is 0. The van der Waals surface area contributed by atoms with Crippen LogP contribution in [0.2, 0.25) is 6.55 Å². The zero-order valence-electron chi connectivity index (χ0n) is 4.28. The van der Waals surface area contributed by atoms with Crippen molar-refractivity contribution in [3.05, 3.63) is 0 Å². The van der Waals surface area contributed by atoms with Crippen LogP contribution in [-0.2, 0) is 0 Å². The summed E-state index contributed by atoms with van der Waals surface area (Å²) >= 11 is 0. The van der Waals surface area contributed by atoms with E-state index in [4.69, 9.17) is 0 Å². The van der Waals surface area contributed by atoms with Crippen LogP contribution in [0, 0.1) is 0 Å². The first-order valence-electron chi connectivity index (χ1n) is 2.27. The predicted molar refractivity (Wildman–Crippen MR) is 41.4 cm³/mol. The second-order valence-corrected chi connectivity index (χ2v) is 30.9. The largest absolute Gasteiger partial charge is 0.0770 e. The molecule has 0 spiro atoms. The zero-order valence-corrected chi connectivity index (χ0v) is 10.9. The smallest absolute Gasteiger partial charge is 0.00261 e. The van der Waals surface area contributed by atoms with Crippen molar-refractivity contribution in [2.75, 3.05) is 0 Å². The van der Waals surface area contributed by atoms with E-state index in [9.17, 15) is 0 Å². The topological polar surface area (TPSA) is 0 Å². The molecule has 0 amide bonds. The molecule has 0 rings (SSSR count). The molecule has 0 aliphatic carbocycles. The van der Waals surface area contributed by atoms with Gasteiger partial charge in [-0.05, 0) is 28.1 Å². The Balaban J connectivity index is 2.54. The van der Waals surface area contributed by atoms with Crippen molar-refractivity contribution in [1.82, 2.24) is 0 Å². The van der Waals surface area contributed by atoms with E-state index in [-0.39, 0.29) is 7.83 Å². The highest BCUT2D eigenvalue weighted by molar-refractivity contribution is 7.45. The van der Waals surface area contributed by atoms with Crippen LogP contribution in [0.15, 0.2) is 0 Å². The van der Waals surface area contributed by atoms with Crippen molar-refractivity contribution in [1.29, 1.82) is 0 Å². The van der Waals surface area contributed by atoms with Crippen LogP contribution in [0.1, 0.15) is 0 Å². The summed E-state index contributed by atoms with van der Waals surface area (Å²) in [7, 11) is 4.09. The third kappa shape index (κ3) is 4.87. The third-order valence-corrected chi connectivity index (χ3v) is 44.1. The van der Waals surface area contributed by atoms with Crippen molar-refractivity contribution in [2.45, 2.75) is 6.55 Å². The zero-order chi connectivity index (χ0) is 4.28. The molecule has 32 valence electrons. The van der Waals surface area contributed by atoms with Gasteiger partial charge in [0.05, 0.1) is 0 Å². The van der Waals surface area contributed by atoms with Gasteiger partial charge in [0.25, 0.3) is 0 Å². The Bertz CT molecular complexity index is 17.6. The molecule has 0 bridgehead atoms. The molecule has 0 radical (unpaired) electrons. The van der Waals surface area contributed by atoms with Crippen LogP contribution < -0.4 is 0 Å². The standard InChI is InChI=1S/CH12Si4/c1-5(3)4-2/h5H,4H2,1-3H3. The Morgan fingerprint density at radius 2 is 2.00 bits per heavy atom. The summed E-state index contributed by atoms with van der Waals surface area (Å²) in [6, 6.07) is 0. The molecule has 0 nitrogen and oxygen atoms in total.